The molecule has 6 nitrogen and oxygen atoms in total. The number of nitrogens with zero attached hydrogens (tertiary/aromatic N) is 2. The molecule has 0 bridgehead atoms. The summed E-state index contributed by atoms with van der Waals surface area (Å²) < 4.78 is 7.05. The first-order chi connectivity index (χ1) is 11.6. The predicted octanol–water partition coefficient (Wildman–Crippen LogP) is 2.93. The van der Waals surface area contributed by atoms with Gasteiger partial charge in [0.25, 0.3) is 5.91 Å². The molecule has 3 aromatic rings. The summed E-state index contributed by atoms with van der Waals surface area (Å²) in [6.07, 6.45) is 6.10. The number of H-pyrrole nitrogens is 1. The zero-order valence-corrected chi connectivity index (χ0v) is 14.2. The minimum absolute atomic E-state index is 0.0979. The number of nitrogens with one attached hydrogen (secondary N) is 2. The monoisotopic (exact) mass is 326 g/mol. The number of ether oxygens (including phenoxy) is 1. The second kappa shape index (κ2) is 6.78. The number of aromatic nitrogens is 3. The van der Waals surface area contributed by atoms with Gasteiger partial charge in [0.15, 0.2) is 0 Å². The molecule has 24 heavy (non-hydrogen) atoms. The lowest BCUT2D eigenvalue weighted by molar-refractivity contribution is 0.0954. The molecule has 6 heteroatoms. The maximum absolute atomic E-state index is 12.2. The van der Waals surface area contributed by atoms with Crippen LogP contribution in [-0.4, -0.2) is 34.3 Å². The Labute approximate surface area is 140 Å². The average Bonchev–Trinajstić information content (AvgIpc) is 3.21. The molecule has 0 radical (unpaired) electrons. The van der Waals surface area contributed by atoms with Crippen LogP contribution < -0.4 is 10.1 Å². The number of carbonyl (C=O) groups excluding carboxylic acids is 1. The summed E-state index contributed by atoms with van der Waals surface area (Å²) in [6, 6.07) is 6.18. The van der Waals surface area contributed by atoms with Crippen molar-refractivity contribution < 1.29 is 9.53 Å². The Bertz CT molecular complexity index is 848. The van der Waals surface area contributed by atoms with Crippen molar-refractivity contribution in [3.63, 3.8) is 0 Å². The van der Waals surface area contributed by atoms with Crippen molar-refractivity contribution in [1.82, 2.24) is 20.1 Å². The van der Waals surface area contributed by atoms with Crippen LogP contribution in [0.2, 0.25) is 0 Å². The molecular formula is C18H22N4O2. The molecule has 2 N–H and O–H groups in total. The quantitative estimate of drug-likeness (QED) is 0.731. The highest BCUT2D eigenvalue weighted by Gasteiger charge is 2.10. The second-order valence-electron chi connectivity index (χ2n) is 6.03. The number of rotatable bonds is 6. The molecule has 2 heterocycles. The summed E-state index contributed by atoms with van der Waals surface area (Å²) in [5.41, 5.74) is 2.81. The highest BCUT2D eigenvalue weighted by Crippen LogP contribution is 2.23. The molecule has 0 saturated heterocycles. The fourth-order valence-electron chi connectivity index (χ4n) is 2.64. The van der Waals surface area contributed by atoms with Crippen LogP contribution in [0.1, 0.15) is 35.8 Å². The zero-order chi connectivity index (χ0) is 17.1. The van der Waals surface area contributed by atoms with E-state index in [0.717, 1.165) is 28.6 Å². The van der Waals surface area contributed by atoms with E-state index in [1.807, 2.05) is 38.2 Å². The Hall–Kier alpha value is -2.76. The van der Waals surface area contributed by atoms with Crippen molar-refractivity contribution in [2.24, 2.45) is 0 Å². The van der Waals surface area contributed by atoms with Crippen LogP contribution >= 0.6 is 0 Å². The van der Waals surface area contributed by atoms with Crippen LogP contribution in [-0.2, 0) is 6.42 Å². The van der Waals surface area contributed by atoms with E-state index in [1.54, 1.807) is 24.2 Å². The van der Waals surface area contributed by atoms with E-state index in [0.29, 0.717) is 12.1 Å². The molecular weight excluding hydrogens is 304 g/mol. The second-order valence-corrected chi connectivity index (χ2v) is 6.03. The Morgan fingerprint density at radius 2 is 2.25 bits per heavy atom. The van der Waals surface area contributed by atoms with Gasteiger partial charge in [-0.05, 0) is 44.0 Å². The SMILES string of the molecule is COc1ccc2[nH]cc(CCNC(=O)c3cnn(C(C)C)c3)c2c1. The van der Waals surface area contributed by atoms with Crippen molar-refractivity contribution >= 4 is 16.8 Å². The molecule has 0 spiro atoms. The molecule has 0 aliphatic heterocycles. The minimum Gasteiger partial charge on any atom is -0.497 e. The third-order valence-electron chi connectivity index (χ3n) is 4.05. The standard InChI is InChI=1S/C18H22N4O2/c1-12(2)22-11-14(10-21-22)18(23)19-7-6-13-9-20-17-5-4-15(24-3)8-16(13)17/h4-5,8-12,20H,6-7H2,1-3H3,(H,19,23). The number of amides is 1. The highest BCUT2D eigenvalue weighted by molar-refractivity contribution is 5.93. The van der Waals surface area contributed by atoms with Crippen molar-refractivity contribution in [1.29, 1.82) is 0 Å². The first-order valence-electron chi connectivity index (χ1n) is 8.05. The lowest BCUT2D eigenvalue weighted by Crippen LogP contribution is -2.25. The summed E-state index contributed by atoms with van der Waals surface area (Å²) in [4.78, 5) is 15.4. The summed E-state index contributed by atoms with van der Waals surface area (Å²) in [5, 5.41) is 8.26. The van der Waals surface area contributed by atoms with Crippen LogP contribution in [0.4, 0.5) is 0 Å². The predicted molar refractivity (Wildman–Crippen MR) is 93.5 cm³/mol. The lowest BCUT2D eigenvalue weighted by atomic mass is 10.1. The number of hydrogen-bond acceptors (Lipinski definition) is 3. The number of hydrogen-bond donors (Lipinski definition) is 2. The normalized spacial score (nSPS) is 11.2. The molecule has 0 saturated carbocycles. The van der Waals surface area contributed by atoms with Gasteiger partial charge < -0.3 is 15.0 Å². The van der Waals surface area contributed by atoms with Crippen LogP contribution in [0.15, 0.2) is 36.8 Å². The summed E-state index contributed by atoms with van der Waals surface area (Å²) in [7, 11) is 1.66. The van der Waals surface area contributed by atoms with Crippen LogP contribution in [0.5, 0.6) is 5.75 Å². The molecule has 1 aromatic carbocycles. The molecule has 0 aliphatic rings. The van der Waals surface area contributed by atoms with E-state index in [1.165, 1.54) is 0 Å². The fraction of sp³-hybridized carbons (Fsp3) is 0.333. The smallest absolute Gasteiger partial charge is 0.254 e. The van der Waals surface area contributed by atoms with E-state index in [-0.39, 0.29) is 11.9 Å². The fourth-order valence-corrected chi connectivity index (χ4v) is 2.64. The summed E-state index contributed by atoms with van der Waals surface area (Å²) in [6.45, 7) is 4.62. The van der Waals surface area contributed by atoms with Gasteiger partial charge in [-0.3, -0.25) is 9.48 Å². The van der Waals surface area contributed by atoms with E-state index < -0.39 is 0 Å². The molecule has 1 amide bonds. The number of benzene rings is 1. The van der Waals surface area contributed by atoms with Gasteiger partial charge in [-0.2, -0.15) is 5.10 Å². The minimum atomic E-state index is -0.0979. The van der Waals surface area contributed by atoms with Gasteiger partial charge in [0.2, 0.25) is 0 Å². The number of aromatic amines is 1. The molecule has 0 aliphatic carbocycles. The van der Waals surface area contributed by atoms with Gasteiger partial charge in [-0.25, -0.2) is 0 Å². The lowest BCUT2D eigenvalue weighted by Gasteiger charge is -2.05. The van der Waals surface area contributed by atoms with Gasteiger partial charge in [0.05, 0.1) is 18.9 Å². The van der Waals surface area contributed by atoms with E-state index in [2.05, 4.69) is 15.4 Å². The topological polar surface area (TPSA) is 71.9 Å². The third kappa shape index (κ3) is 3.27. The Morgan fingerprint density at radius 3 is 2.96 bits per heavy atom. The summed E-state index contributed by atoms with van der Waals surface area (Å²) in [5.74, 6) is 0.729. The van der Waals surface area contributed by atoms with Gasteiger partial charge in [0, 0.05) is 35.9 Å². The number of carbonyl (C=O) groups is 1. The third-order valence-corrected chi connectivity index (χ3v) is 4.05. The summed E-state index contributed by atoms with van der Waals surface area (Å²) >= 11 is 0. The Kier molecular flexibility index (Phi) is 4.55. The maximum atomic E-state index is 12.2. The molecule has 0 atom stereocenters. The van der Waals surface area contributed by atoms with Crippen molar-refractivity contribution in [3.05, 3.63) is 47.9 Å². The van der Waals surface area contributed by atoms with Gasteiger partial charge in [-0.1, -0.05) is 0 Å². The average molecular weight is 326 g/mol. The highest BCUT2D eigenvalue weighted by atomic mass is 16.5. The first kappa shape index (κ1) is 16.1. The van der Waals surface area contributed by atoms with E-state index in [4.69, 9.17) is 4.74 Å². The molecule has 126 valence electrons. The Balaban J connectivity index is 1.62. The molecule has 2 aromatic heterocycles. The maximum Gasteiger partial charge on any atom is 0.254 e. The van der Waals surface area contributed by atoms with Crippen molar-refractivity contribution in [3.8, 4) is 5.75 Å². The van der Waals surface area contributed by atoms with Crippen molar-refractivity contribution in [2.45, 2.75) is 26.3 Å². The Morgan fingerprint density at radius 1 is 1.42 bits per heavy atom. The first-order valence-corrected chi connectivity index (χ1v) is 8.05. The van der Waals surface area contributed by atoms with E-state index >= 15 is 0 Å². The van der Waals surface area contributed by atoms with Crippen LogP contribution in [0.3, 0.4) is 0 Å². The van der Waals surface area contributed by atoms with Crippen molar-refractivity contribution in [2.75, 3.05) is 13.7 Å². The largest absolute Gasteiger partial charge is 0.497 e. The molecule has 0 unspecified atom stereocenters. The van der Waals surface area contributed by atoms with Crippen LogP contribution in [0.25, 0.3) is 10.9 Å². The number of methoxy groups -OCH3 is 1. The zero-order valence-electron chi connectivity index (χ0n) is 14.2. The van der Waals surface area contributed by atoms with Gasteiger partial charge >= 0.3 is 0 Å². The van der Waals surface area contributed by atoms with E-state index in [9.17, 15) is 4.79 Å². The molecule has 0 fully saturated rings. The molecule has 3 rings (SSSR count). The van der Waals surface area contributed by atoms with Crippen LogP contribution in [0, 0.1) is 0 Å². The number of fused-ring (bicyclic) bond motifs is 1. The van der Waals surface area contributed by atoms with Gasteiger partial charge in [0.1, 0.15) is 5.75 Å². The van der Waals surface area contributed by atoms with Gasteiger partial charge in [-0.15, -0.1) is 0 Å².